The number of nitro benzene ring substituents is 1. The summed E-state index contributed by atoms with van der Waals surface area (Å²) in [6.07, 6.45) is 0.216. The highest BCUT2D eigenvalue weighted by atomic mass is 16.6. The Labute approximate surface area is 142 Å². The van der Waals surface area contributed by atoms with Crippen LogP contribution in [0.4, 0.5) is 5.69 Å². The van der Waals surface area contributed by atoms with Crippen molar-refractivity contribution in [2.24, 2.45) is 0 Å². The van der Waals surface area contributed by atoms with Crippen molar-refractivity contribution in [3.05, 3.63) is 74.8 Å². The van der Waals surface area contributed by atoms with Gasteiger partial charge < -0.3 is 14.9 Å². The van der Waals surface area contributed by atoms with Crippen LogP contribution in [0, 0.1) is 10.1 Å². The largest absolute Gasteiger partial charge is 0.478 e. The average molecular weight is 345 g/mol. The van der Waals surface area contributed by atoms with Gasteiger partial charge in [0, 0.05) is 6.07 Å². The Morgan fingerprint density at radius 3 is 2.28 bits per heavy atom. The summed E-state index contributed by atoms with van der Waals surface area (Å²) in [5.74, 6) is -3.19. The van der Waals surface area contributed by atoms with Crippen molar-refractivity contribution in [1.82, 2.24) is 0 Å². The van der Waals surface area contributed by atoms with E-state index in [1.54, 1.807) is 0 Å². The first-order chi connectivity index (χ1) is 11.9. The topological polar surface area (TPSA) is 127 Å². The second kappa shape index (κ2) is 8.02. The van der Waals surface area contributed by atoms with Gasteiger partial charge in [0.1, 0.15) is 0 Å². The summed E-state index contributed by atoms with van der Waals surface area (Å²) in [5, 5.41) is 29.3. The third-order valence-electron chi connectivity index (χ3n) is 3.46. The fourth-order valence-electron chi connectivity index (χ4n) is 2.32. The maximum Gasteiger partial charge on any atom is 0.343 e. The molecule has 0 aliphatic carbocycles. The van der Waals surface area contributed by atoms with Gasteiger partial charge in [0.2, 0.25) is 0 Å². The molecule has 8 nitrogen and oxygen atoms in total. The number of rotatable bonds is 8. The summed E-state index contributed by atoms with van der Waals surface area (Å²) < 4.78 is 5.47. The van der Waals surface area contributed by atoms with Gasteiger partial charge in [-0.25, -0.2) is 9.59 Å². The lowest BCUT2D eigenvalue weighted by atomic mass is 10.00. The highest BCUT2D eigenvalue weighted by Gasteiger charge is 2.28. The number of nitrogens with zero attached hydrogens (tertiary/aromatic N) is 1. The molecule has 2 N–H and O–H groups in total. The molecule has 0 aliphatic heterocycles. The molecule has 2 aromatic carbocycles. The third-order valence-corrected chi connectivity index (χ3v) is 3.46. The molecule has 0 unspecified atom stereocenters. The fourth-order valence-corrected chi connectivity index (χ4v) is 2.32. The maximum atomic E-state index is 11.3. The van der Waals surface area contributed by atoms with Crippen LogP contribution in [0.2, 0.25) is 0 Å². The SMILES string of the molecule is O=C(O)c1cc(CCOCc2ccccc2)cc([N+](=O)[O-])c1C(=O)O. The van der Waals surface area contributed by atoms with Crippen LogP contribution in [0.1, 0.15) is 31.8 Å². The summed E-state index contributed by atoms with van der Waals surface area (Å²) in [6.45, 7) is 0.555. The van der Waals surface area contributed by atoms with Crippen LogP contribution < -0.4 is 0 Å². The molecule has 2 aromatic rings. The lowest BCUT2D eigenvalue weighted by Gasteiger charge is -2.08. The first-order valence-electron chi connectivity index (χ1n) is 7.29. The van der Waals surface area contributed by atoms with Crippen LogP contribution in [-0.2, 0) is 17.8 Å². The van der Waals surface area contributed by atoms with E-state index in [0.717, 1.165) is 17.7 Å². The van der Waals surface area contributed by atoms with Crippen LogP contribution in [0.25, 0.3) is 0 Å². The molecule has 0 fully saturated rings. The van der Waals surface area contributed by atoms with Gasteiger partial charge >= 0.3 is 11.9 Å². The molecule has 0 amide bonds. The predicted octanol–water partition coefficient (Wildman–Crippen LogP) is 2.75. The highest BCUT2D eigenvalue weighted by molar-refractivity contribution is 6.04. The smallest absolute Gasteiger partial charge is 0.343 e. The minimum Gasteiger partial charge on any atom is -0.478 e. The molecular formula is C17H15NO7. The van der Waals surface area contributed by atoms with Crippen molar-refractivity contribution in [2.75, 3.05) is 6.61 Å². The van der Waals surface area contributed by atoms with E-state index in [0.29, 0.717) is 12.2 Å². The van der Waals surface area contributed by atoms with Crippen LogP contribution >= 0.6 is 0 Å². The number of benzene rings is 2. The molecule has 0 spiro atoms. The third kappa shape index (κ3) is 4.61. The summed E-state index contributed by atoms with van der Waals surface area (Å²) in [5.41, 5.74) is -0.903. The van der Waals surface area contributed by atoms with Crippen molar-refractivity contribution in [1.29, 1.82) is 0 Å². The number of carbonyl (C=O) groups is 2. The number of hydrogen-bond donors (Lipinski definition) is 2. The number of carboxylic acid groups (broad SMARTS) is 2. The zero-order valence-corrected chi connectivity index (χ0v) is 13.0. The highest BCUT2D eigenvalue weighted by Crippen LogP contribution is 2.25. The minimum absolute atomic E-state index is 0.206. The fraction of sp³-hybridized carbons (Fsp3) is 0.176. The molecule has 0 heterocycles. The van der Waals surface area contributed by atoms with Crippen molar-refractivity contribution >= 4 is 17.6 Å². The Kier molecular flexibility index (Phi) is 5.80. The van der Waals surface area contributed by atoms with Crippen LogP contribution in [0.15, 0.2) is 42.5 Å². The van der Waals surface area contributed by atoms with Crippen LogP contribution in [-0.4, -0.2) is 33.7 Å². The summed E-state index contributed by atoms with van der Waals surface area (Å²) in [7, 11) is 0. The molecule has 0 aliphatic rings. The van der Waals surface area contributed by atoms with E-state index in [4.69, 9.17) is 14.9 Å². The molecule has 0 atom stereocenters. The quantitative estimate of drug-likeness (QED) is 0.428. The van der Waals surface area contributed by atoms with E-state index >= 15 is 0 Å². The minimum atomic E-state index is -1.66. The van der Waals surface area contributed by atoms with Crippen molar-refractivity contribution in [3.63, 3.8) is 0 Å². The molecule has 0 saturated heterocycles. The molecule has 25 heavy (non-hydrogen) atoms. The number of aromatic carboxylic acids is 2. The van der Waals surface area contributed by atoms with Gasteiger partial charge in [0.25, 0.3) is 5.69 Å². The lowest BCUT2D eigenvalue weighted by molar-refractivity contribution is -0.385. The lowest BCUT2D eigenvalue weighted by Crippen LogP contribution is -2.13. The van der Waals surface area contributed by atoms with Crippen molar-refractivity contribution in [3.8, 4) is 0 Å². The summed E-state index contributed by atoms with van der Waals surface area (Å²) in [6, 6.07) is 11.6. The number of nitro groups is 1. The predicted molar refractivity (Wildman–Crippen MR) is 86.8 cm³/mol. The van der Waals surface area contributed by atoms with E-state index < -0.39 is 33.7 Å². The monoisotopic (exact) mass is 345 g/mol. The molecule has 0 saturated carbocycles. The van der Waals surface area contributed by atoms with E-state index in [1.165, 1.54) is 0 Å². The number of hydrogen-bond acceptors (Lipinski definition) is 5. The molecule has 2 rings (SSSR count). The van der Waals surface area contributed by atoms with Gasteiger partial charge in [0.15, 0.2) is 5.56 Å². The zero-order chi connectivity index (χ0) is 18.4. The second-order valence-corrected chi connectivity index (χ2v) is 5.19. The average Bonchev–Trinajstić information content (AvgIpc) is 2.58. The number of ether oxygens (including phenoxy) is 1. The second-order valence-electron chi connectivity index (χ2n) is 5.19. The van der Waals surface area contributed by atoms with Crippen LogP contribution in [0.5, 0.6) is 0 Å². The maximum absolute atomic E-state index is 11.3. The normalized spacial score (nSPS) is 10.4. The molecule has 130 valence electrons. The molecule has 0 radical (unpaired) electrons. The van der Waals surface area contributed by atoms with E-state index in [2.05, 4.69) is 0 Å². The van der Waals surface area contributed by atoms with E-state index in [1.807, 2.05) is 30.3 Å². The van der Waals surface area contributed by atoms with Gasteiger partial charge in [-0.15, -0.1) is 0 Å². The first kappa shape index (κ1) is 18.1. The van der Waals surface area contributed by atoms with Crippen molar-refractivity contribution in [2.45, 2.75) is 13.0 Å². The van der Waals surface area contributed by atoms with Crippen LogP contribution in [0.3, 0.4) is 0 Å². The Balaban J connectivity index is 2.16. The summed E-state index contributed by atoms with van der Waals surface area (Å²) in [4.78, 5) is 32.6. The Morgan fingerprint density at radius 1 is 1.04 bits per heavy atom. The molecule has 0 aromatic heterocycles. The first-order valence-corrected chi connectivity index (χ1v) is 7.29. The Morgan fingerprint density at radius 2 is 1.72 bits per heavy atom. The zero-order valence-electron chi connectivity index (χ0n) is 13.0. The van der Waals surface area contributed by atoms with Gasteiger partial charge in [-0.2, -0.15) is 0 Å². The standard InChI is InChI=1S/C17H15NO7/c19-16(20)13-8-12(9-14(18(23)24)15(13)17(21)22)6-7-25-10-11-4-2-1-3-5-11/h1-5,8-9H,6-7,10H2,(H,19,20)(H,21,22). The van der Waals surface area contributed by atoms with E-state index in [-0.39, 0.29) is 13.0 Å². The number of carboxylic acids is 2. The van der Waals surface area contributed by atoms with Gasteiger partial charge in [0.05, 0.1) is 23.7 Å². The Hall–Kier alpha value is -3.26. The molecule has 0 bridgehead atoms. The van der Waals surface area contributed by atoms with Gasteiger partial charge in [-0.3, -0.25) is 10.1 Å². The molecule has 8 heteroatoms. The summed E-state index contributed by atoms with van der Waals surface area (Å²) >= 11 is 0. The van der Waals surface area contributed by atoms with Gasteiger partial charge in [-0.05, 0) is 23.6 Å². The van der Waals surface area contributed by atoms with Gasteiger partial charge in [-0.1, -0.05) is 30.3 Å². The Bertz CT molecular complexity index is 767. The van der Waals surface area contributed by atoms with E-state index in [9.17, 15) is 19.7 Å². The van der Waals surface area contributed by atoms with Crippen molar-refractivity contribution < 1.29 is 29.5 Å². The molecular weight excluding hydrogens is 330 g/mol.